The Hall–Kier alpha value is -0.180. The van der Waals surface area contributed by atoms with Gasteiger partial charge in [-0.05, 0) is 25.2 Å². The summed E-state index contributed by atoms with van der Waals surface area (Å²) in [5, 5.41) is 9.60. The molecule has 0 aliphatic heterocycles. The molecule has 1 nitrogen and oxygen atoms in total. The van der Waals surface area contributed by atoms with E-state index in [1.165, 1.54) is 0 Å². The molecular formula is C10H18F2O. The van der Waals surface area contributed by atoms with Gasteiger partial charge in [0.25, 0.3) is 0 Å². The van der Waals surface area contributed by atoms with Gasteiger partial charge < -0.3 is 5.11 Å². The SMILES string of the molecule is CCCC(O)C1CCC(F)(F)CC1. The van der Waals surface area contributed by atoms with Crippen LogP contribution in [0.1, 0.15) is 45.4 Å². The fraction of sp³-hybridized carbons (Fsp3) is 1.00. The summed E-state index contributed by atoms with van der Waals surface area (Å²) >= 11 is 0. The van der Waals surface area contributed by atoms with E-state index in [0.717, 1.165) is 12.8 Å². The summed E-state index contributed by atoms with van der Waals surface area (Å²) in [7, 11) is 0. The lowest BCUT2D eigenvalue weighted by Crippen LogP contribution is -2.30. The molecule has 1 aliphatic carbocycles. The molecule has 0 amide bonds. The van der Waals surface area contributed by atoms with Crippen LogP contribution in [0.25, 0.3) is 0 Å². The van der Waals surface area contributed by atoms with Crippen molar-refractivity contribution in [3.8, 4) is 0 Å². The molecular weight excluding hydrogens is 174 g/mol. The number of rotatable bonds is 3. The van der Waals surface area contributed by atoms with Crippen molar-refractivity contribution in [3.05, 3.63) is 0 Å². The summed E-state index contributed by atoms with van der Waals surface area (Å²) in [6.45, 7) is 2.00. The number of aliphatic hydroxyl groups is 1. The van der Waals surface area contributed by atoms with Crippen LogP contribution in [-0.4, -0.2) is 17.1 Å². The summed E-state index contributed by atoms with van der Waals surface area (Å²) in [6, 6.07) is 0. The van der Waals surface area contributed by atoms with Crippen LogP contribution in [0.5, 0.6) is 0 Å². The zero-order chi connectivity index (χ0) is 9.90. The molecule has 0 heterocycles. The highest BCUT2D eigenvalue weighted by Gasteiger charge is 2.36. The maximum absolute atomic E-state index is 12.7. The second-order valence-corrected chi connectivity index (χ2v) is 4.05. The minimum absolute atomic E-state index is 0.0432. The van der Waals surface area contributed by atoms with E-state index in [1.807, 2.05) is 6.92 Å². The Bertz CT molecular complexity index is 149. The van der Waals surface area contributed by atoms with Gasteiger partial charge in [-0.15, -0.1) is 0 Å². The normalized spacial score (nSPS) is 25.8. The fourth-order valence-corrected chi connectivity index (χ4v) is 1.98. The summed E-state index contributed by atoms with van der Waals surface area (Å²) in [4.78, 5) is 0. The van der Waals surface area contributed by atoms with E-state index in [2.05, 4.69) is 0 Å². The Morgan fingerprint density at radius 3 is 2.38 bits per heavy atom. The van der Waals surface area contributed by atoms with E-state index in [0.29, 0.717) is 12.8 Å². The highest BCUT2D eigenvalue weighted by atomic mass is 19.3. The fourth-order valence-electron chi connectivity index (χ4n) is 1.98. The van der Waals surface area contributed by atoms with Crippen molar-refractivity contribution in [2.75, 3.05) is 0 Å². The third-order valence-electron chi connectivity index (χ3n) is 2.89. The van der Waals surface area contributed by atoms with Gasteiger partial charge in [-0.2, -0.15) is 0 Å². The van der Waals surface area contributed by atoms with Gasteiger partial charge in [-0.3, -0.25) is 0 Å². The molecule has 78 valence electrons. The first-order valence-electron chi connectivity index (χ1n) is 5.11. The monoisotopic (exact) mass is 192 g/mol. The van der Waals surface area contributed by atoms with E-state index in [-0.39, 0.29) is 24.9 Å². The molecule has 0 spiro atoms. The van der Waals surface area contributed by atoms with Crippen molar-refractivity contribution in [2.24, 2.45) is 5.92 Å². The van der Waals surface area contributed by atoms with Crippen molar-refractivity contribution in [2.45, 2.75) is 57.5 Å². The first-order valence-corrected chi connectivity index (χ1v) is 5.11. The quantitative estimate of drug-likeness (QED) is 0.728. The molecule has 1 rings (SSSR count). The van der Waals surface area contributed by atoms with Gasteiger partial charge in [0, 0.05) is 12.8 Å². The van der Waals surface area contributed by atoms with E-state index in [4.69, 9.17) is 0 Å². The first kappa shape index (κ1) is 10.9. The molecule has 0 bridgehead atoms. The number of alkyl halides is 2. The lowest BCUT2D eigenvalue weighted by atomic mass is 9.82. The molecule has 13 heavy (non-hydrogen) atoms. The van der Waals surface area contributed by atoms with Gasteiger partial charge in [0.15, 0.2) is 0 Å². The molecule has 1 saturated carbocycles. The highest BCUT2D eigenvalue weighted by Crippen LogP contribution is 2.38. The summed E-state index contributed by atoms with van der Waals surface area (Å²) < 4.78 is 25.5. The van der Waals surface area contributed by atoms with E-state index in [9.17, 15) is 13.9 Å². The molecule has 0 aromatic rings. The number of hydrogen-bond acceptors (Lipinski definition) is 1. The average molecular weight is 192 g/mol. The van der Waals surface area contributed by atoms with Crippen LogP contribution in [0.4, 0.5) is 8.78 Å². The van der Waals surface area contributed by atoms with Crippen LogP contribution in [0.3, 0.4) is 0 Å². The van der Waals surface area contributed by atoms with Gasteiger partial charge in [0.1, 0.15) is 0 Å². The molecule has 1 aliphatic rings. The van der Waals surface area contributed by atoms with Crippen molar-refractivity contribution in [1.82, 2.24) is 0 Å². The minimum Gasteiger partial charge on any atom is -0.393 e. The van der Waals surface area contributed by atoms with Crippen LogP contribution in [0, 0.1) is 5.92 Å². The van der Waals surface area contributed by atoms with E-state index >= 15 is 0 Å². The molecule has 0 aromatic heterocycles. The number of hydrogen-bond donors (Lipinski definition) is 1. The van der Waals surface area contributed by atoms with Crippen LogP contribution >= 0.6 is 0 Å². The number of aliphatic hydroxyl groups excluding tert-OH is 1. The lowest BCUT2D eigenvalue weighted by Gasteiger charge is -2.31. The van der Waals surface area contributed by atoms with Crippen molar-refractivity contribution in [1.29, 1.82) is 0 Å². The minimum atomic E-state index is -2.47. The summed E-state index contributed by atoms with van der Waals surface area (Å²) in [5.41, 5.74) is 0. The van der Waals surface area contributed by atoms with Gasteiger partial charge >= 0.3 is 0 Å². The molecule has 1 unspecified atom stereocenters. The molecule has 0 radical (unpaired) electrons. The van der Waals surface area contributed by atoms with Gasteiger partial charge in [-0.1, -0.05) is 13.3 Å². The standard InChI is InChI=1S/C10H18F2O/c1-2-3-9(13)8-4-6-10(11,12)7-5-8/h8-9,13H,2-7H2,1H3. The largest absolute Gasteiger partial charge is 0.393 e. The van der Waals surface area contributed by atoms with Crippen molar-refractivity contribution in [3.63, 3.8) is 0 Å². The molecule has 0 saturated heterocycles. The predicted octanol–water partition coefficient (Wildman–Crippen LogP) is 2.97. The van der Waals surface area contributed by atoms with Crippen molar-refractivity contribution >= 4 is 0 Å². The molecule has 1 N–H and O–H groups in total. The third kappa shape index (κ3) is 3.22. The van der Waals surface area contributed by atoms with Gasteiger partial charge in [0.2, 0.25) is 5.92 Å². The predicted molar refractivity (Wildman–Crippen MR) is 47.8 cm³/mol. The van der Waals surface area contributed by atoms with Crippen LogP contribution in [0.2, 0.25) is 0 Å². The van der Waals surface area contributed by atoms with Crippen molar-refractivity contribution < 1.29 is 13.9 Å². The van der Waals surface area contributed by atoms with E-state index in [1.54, 1.807) is 0 Å². The Labute approximate surface area is 78.1 Å². The Morgan fingerprint density at radius 2 is 1.92 bits per heavy atom. The average Bonchev–Trinajstić information content (AvgIpc) is 2.04. The maximum Gasteiger partial charge on any atom is 0.248 e. The Morgan fingerprint density at radius 1 is 1.38 bits per heavy atom. The molecule has 0 aromatic carbocycles. The third-order valence-corrected chi connectivity index (χ3v) is 2.89. The van der Waals surface area contributed by atoms with Crippen LogP contribution in [0.15, 0.2) is 0 Å². The lowest BCUT2D eigenvalue weighted by molar-refractivity contribution is -0.0630. The van der Waals surface area contributed by atoms with Crippen LogP contribution in [-0.2, 0) is 0 Å². The summed E-state index contributed by atoms with van der Waals surface area (Å²) in [5.74, 6) is -2.36. The molecule has 1 fully saturated rings. The summed E-state index contributed by atoms with van der Waals surface area (Å²) in [6.07, 6.45) is 2.19. The first-order chi connectivity index (χ1) is 6.05. The second-order valence-electron chi connectivity index (χ2n) is 4.05. The molecule has 3 heteroatoms. The smallest absolute Gasteiger partial charge is 0.248 e. The second kappa shape index (κ2) is 4.36. The zero-order valence-corrected chi connectivity index (χ0v) is 8.10. The zero-order valence-electron chi connectivity index (χ0n) is 8.10. The number of halogens is 2. The van der Waals surface area contributed by atoms with E-state index < -0.39 is 5.92 Å². The van der Waals surface area contributed by atoms with Gasteiger partial charge in [-0.25, -0.2) is 8.78 Å². The van der Waals surface area contributed by atoms with Crippen LogP contribution < -0.4 is 0 Å². The maximum atomic E-state index is 12.7. The Kier molecular flexibility index (Phi) is 3.65. The Balaban J connectivity index is 2.32. The van der Waals surface area contributed by atoms with Gasteiger partial charge in [0.05, 0.1) is 6.10 Å². The highest BCUT2D eigenvalue weighted by molar-refractivity contribution is 4.81. The molecule has 1 atom stereocenters. The topological polar surface area (TPSA) is 20.2 Å².